The average molecular weight is 429 g/mol. The van der Waals surface area contributed by atoms with Gasteiger partial charge in [0, 0.05) is 10.4 Å². The van der Waals surface area contributed by atoms with Gasteiger partial charge in [0.05, 0.1) is 22.4 Å². The van der Waals surface area contributed by atoms with E-state index in [9.17, 15) is 14.0 Å². The van der Waals surface area contributed by atoms with E-state index in [2.05, 4.69) is 4.99 Å². The number of esters is 1. The molecule has 0 saturated carbocycles. The van der Waals surface area contributed by atoms with Crippen LogP contribution in [0, 0.1) is 5.82 Å². The number of carbonyl (C=O) groups excluding carboxylic acids is 1. The van der Waals surface area contributed by atoms with Gasteiger partial charge in [0.1, 0.15) is 11.9 Å². The minimum Gasteiger partial charge on any atom is -0.463 e. The van der Waals surface area contributed by atoms with Gasteiger partial charge in [0.2, 0.25) is 0 Å². The molecule has 1 unspecified atom stereocenters. The molecule has 0 radical (unpaired) electrons. The van der Waals surface area contributed by atoms with Crippen molar-refractivity contribution < 1.29 is 13.9 Å². The van der Waals surface area contributed by atoms with E-state index in [0.717, 1.165) is 4.88 Å². The van der Waals surface area contributed by atoms with Crippen LogP contribution in [0.25, 0.3) is 6.08 Å². The molecule has 1 aromatic carbocycles. The molecule has 0 bridgehead atoms. The molecule has 0 N–H and O–H groups in total. The summed E-state index contributed by atoms with van der Waals surface area (Å²) in [5.74, 6) is -1.10. The van der Waals surface area contributed by atoms with E-state index in [1.807, 2.05) is 17.5 Å². The molecule has 0 amide bonds. The summed E-state index contributed by atoms with van der Waals surface area (Å²) < 4.78 is 21.8. The summed E-state index contributed by atoms with van der Waals surface area (Å²) in [4.78, 5) is 31.8. The van der Waals surface area contributed by atoms with Crippen LogP contribution < -0.4 is 14.9 Å². The van der Waals surface area contributed by atoms with Crippen molar-refractivity contribution in [1.82, 2.24) is 4.57 Å². The number of nitrogens with zero attached hydrogens (tertiary/aromatic N) is 2. The smallest absolute Gasteiger partial charge is 0.338 e. The predicted molar refractivity (Wildman–Crippen MR) is 111 cm³/mol. The number of carbonyl (C=O) groups is 1. The second kappa shape index (κ2) is 7.88. The van der Waals surface area contributed by atoms with Crippen molar-refractivity contribution in [1.29, 1.82) is 0 Å². The summed E-state index contributed by atoms with van der Waals surface area (Å²) in [6.07, 6.45) is 1.79. The van der Waals surface area contributed by atoms with Crippen LogP contribution >= 0.6 is 22.7 Å². The van der Waals surface area contributed by atoms with Gasteiger partial charge in [0.25, 0.3) is 5.56 Å². The summed E-state index contributed by atoms with van der Waals surface area (Å²) in [6.45, 7) is 3.54. The maximum absolute atomic E-state index is 14.7. The molecule has 0 fully saturated rings. The molecule has 1 aliphatic rings. The second-order valence-electron chi connectivity index (χ2n) is 6.34. The van der Waals surface area contributed by atoms with Gasteiger partial charge in [0.15, 0.2) is 4.80 Å². The molecule has 0 aliphatic carbocycles. The van der Waals surface area contributed by atoms with Crippen LogP contribution in [0.2, 0.25) is 0 Å². The summed E-state index contributed by atoms with van der Waals surface area (Å²) in [6, 6.07) is 9.02. The fraction of sp³-hybridized carbons (Fsp3) is 0.190. The van der Waals surface area contributed by atoms with Crippen molar-refractivity contribution >= 4 is 34.7 Å². The first-order chi connectivity index (χ1) is 14.0. The molecular weight excluding hydrogens is 411 g/mol. The maximum atomic E-state index is 14.7. The summed E-state index contributed by atoms with van der Waals surface area (Å²) >= 11 is 2.73. The lowest BCUT2D eigenvalue weighted by molar-refractivity contribution is -0.139. The van der Waals surface area contributed by atoms with E-state index in [1.54, 1.807) is 38.1 Å². The summed E-state index contributed by atoms with van der Waals surface area (Å²) in [5, 5.41) is 1.92. The number of hydrogen-bond acceptors (Lipinski definition) is 6. The number of benzene rings is 1. The van der Waals surface area contributed by atoms with Crippen molar-refractivity contribution in [2.45, 2.75) is 19.9 Å². The van der Waals surface area contributed by atoms with Crippen molar-refractivity contribution in [3.05, 3.63) is 89.0 Å². The molecule has 1 aliphatic heterocycles. The van der Waals surface area contributed by atoms with E-state index < -0.39 is 17.8 Å². The first-order valence-corrected chi connectivity index (χ1v) is 10.7. The molecule has 4 rings (SSSR count). The van der Waals surface area contributed by atoms with Crippen molar-refractivity contribution in [3.8, 4) is 0 Å². The Bertz CT molecular complexity index is 1290. The molecule has 3 heterocycles. The van der Waals surface area contributed by atoms with E-state index >= 15 is 0 Å². The lowest BCUT2D eigenvalue weighted by Crippen LogP contribution is -2.40. The molecule has 2 aromatic heterocycles. The summed E-state index contributed by atoms with van der Waals surface area (Å²) in [7, 11) is 0. The van der Waals surface area contributed by atoms with Crippen LogP contribution in [0.3, 0.4) is 0 Å². The Morgan fingerprint density at radius 3 is 2.79 bits per heavy atom. The normalized spacial score (nSPS) is 16.5. The molecule has 0 saturated heterocycles. The Hall–Kier alpha value is -2.84. The number of hydrogen-bond donors (Lipinski definition) is 0. The van der Waals surface area contributed by atoms with Gasteiger partial charge in [-0.3, -0.25) is 9.36 Å². The highest BCUT2D eigenvalue weighted by atomic mass is 32.1. The Balaban J connectivity index is 2.00. The molecule has 5 nitrogen and oxygen atoms in total. The number of thiophene rings is 1. The number of fused-ring (bicyclic) bond motifs is 1. The first kappa shape index (κ1) is 19.5. The summed E-state index contributed by atoms with van der Waals surface area (Å²) in [5.41, 5.74) is 0.506. The van der Waals surface area contributed by atoms with Crippen LogP contribution in [0.1, 0.15) is 30.3 Å². The van der Waals surface area contributed by atoms with E-state index in [0.29, 0.717) is 15.0 Å². The highest BCUT2D eigenvalue weighted by molar-refractivity contribution is 7.11. The number of thiazole rings is 1. The first-order valence-electron chi connectivity index (χ1n) is 8.99. The lowest BCUT2D eigenvalue weighted by Gasteiger charge is -2.24. The number of allylic oxidation sites excluding steroid dienone is 1. The molecule has 0 spiro atoms. The minimum atomic E-state index is -0.933. The van der Waals surface area contributed by atoms with E-state index in [4.69, 9.17) is 4.74 Å². The van der Waals surface area contributed by atoms with Gasteiger partial charge < -0.3 is 4.74 Å². The van der Waals surface area contributed by atoms with Crippen LogP contribution in [0.4, 0.5) is 4.39 Å². The van der Waals surface area contributed by atoms with Gasteiger partial charge in [-0.1, -0.05) is 35.6 Å². The van der Waals surface area contributed by atoms with Crippen LogP contribution in [-0.2, 0) is 9.53 Å². The van der Waals surface area contributed by atoms with Crippen LogP contribution in [-0.4, -0.2) is 17.1 Å². The molecule has 3 aromatic rings. The van der Waals surface area contributed by atoms with Crippen LogP contribution in [0.5, 0.6) is 0 Å². The highest BCUT2D eigenvalue weighted by Gasteiger charge is 2.34. The van der Waals surface area contributed by atoms with Gasteiger partial charge >= 0.3 is 5.97 Å². The third kappa shape index (κ3) is 3.49. The van der Waals surface area contributed by atoms with Crippen molar-refractivity contribution in [3.63, 3.8) is 0 Å². The number of ether oxygens (including phenoxy) is 1. The molecular formula is C21H17FN2O3S2. The largest absolute Gasteiger partial charge is 0.463 e. The lowest BCUT2D eigenvalue weighted by atomic mass is 9.95. The van der Waals surface area contributed by atoms with Crippen LogP contribution in [0.15, 0.2) is 62.8 Å². The third-order valence-electron chi connectivity index (χ3n) is 4.53. The fourth-order valence-corrected chi connectivity index (χ4v) is 5.05. The Labute approximate surface area is 173 Å². The van der Waals surface area contributed by atoms with E-state index in [-0.39, 0.29) is 23.3 Å². The second-order valence-corrected chi connectivity index (χ2v) is 8.33. The Morgan fingerprint density at radius 1 is 1.31 bits per heavy atom. The zero-order valence-electron chi connectivity index (χ0n) is 15.7. The highest BCUT2D eigenvalue weighted by Crippen LogP contribution is 2.32. The Morgan fingerprint density at radius 2 is 2.10 bits per heavy atom. The zero-order valence-corrected chi connectivity index (χ0v) is 17.3. The molecule has 8 heteroatoms. The van der Waals surface area contributed by atoms with Gasteiger partial charge in [-0.25, -0.2) is 14.2 Å². The third-order valence-corrected chi connectivity index (χ3v) is 6.34. The van der Waals surface area contributed by atoms with E-state index in [1.165, 1.54) is 33.3 Å². The average Bonchev–Trinajstić information content (AvgIpc) is 3.30. The fourth-order valence-electron chi connectivity index (χ4n) is 3.29. The number of rotatable bonds is 4. The molecule has 1 atom stereocenters. The molecule has 148 valence electrons. The monoisotopic (exact) mass is 428 g/mol. The van der Waals surface area contributed by atoms with Crippen molar-refractivity contribution in [2.75, 3.05) is 6.61 Å². The Kier molecular flexibility index (Phi) is 5.29. The van der Waals surface area contributed by atoms with Gasteiger partial charge in [-0.05, 0) is 37.4 Å². The van der Waals surface area contributed by atoms with Crippen molar-refractivity contribution in [2.24, 2.45) is 4.99 Å². The molecule has 29 heavy (non-hydrogen) atoms. The quantitative estimate of drug-likeness (QED) is 0.601. The number of aromatic nitrogens is 1. The SMILES string of the molecule is CCOC(=O)C1=C(C)N=c2sc(=Cc3cccs3)c(=O)n2C1c1ccccc1F. The van der Waals surface area contributed by atoms with Gasteiger partial charge in [-0.2, -0.15) is 0 Å². The maximum Gasteiger partial charge on any atom is 0.338 e. The number of halogens is 1. The topological polar surface area (TPSA) is 60.7 Å². The van der Waals surface area contributed by atoms with Gasteiger partial charge in [-0.15, -0.1) is 11.3 Å². The minimum absolute atomic E-state index is 0.169. The standard InChI is InChI=1S/C21H17FN2O3S2/c1-3-27-20(26)17-12(2)23-21-24(18(17)14-8-4-5-9-15(14)22)19(25)16(29-21)11-13-7-6-10-28-13/h4-11,18H,3H2,1-2H3. The predicted octanol–water partition coefficient (Wildman–Crippen LogP) is 3.00. The zero-order chi connectivity index (χ0) is 20.5.